The molecule has 28 heavy (non-hydrogen) atoms. The lowest BCUT2D eigenvalue weighted by Crippen LogP contribution is -2.07. The lowest BCUT2D eigenvalue weighted by Gasteiger charge is -2.00. The molecular weight excluding hydrogens is 415 g/mol. The van der Waals surface area contributed by atoms with Crippen LogP contribution in [0.2, 0.25) is 10.0 Å². The van der Waals surface area contributed by atoms with Gasteiger partial charge in [0.15, 0.2) is 5.13 Å². The first-order valence-corrected chi connectivity index (χ1v) is 9.97. The van der Waals surface area contributed by atoms with Crippen LogP contribution in [-0.2, 0) is 4.79 Å². The number of halogens is 2. The molecule has 0 fully saturated rings. The normalized spacial score (nSPS) is 11.4. The maximum atomic E-state index is 12.2. The molecule has 0 saturated carbocycles. The summed E-state index contributed by atoms with van der Waals surface area (Å²) in [7, 11) is 0. The van der Waals surface area contributed by atoms with Crippen LogP contribution in [0.3, 0.4) is 0 Å². The Balaban J connectivity index is 1.46. The summed E-state index contributed by atoms with van der Waals surface area (Å²) < 4.78 is 6.69. The van der Waals surface area contributed by atoms with Gasteiger partial charge in [-0.05, 0) is 48.9 Å². The summed E-state index contributed by atoms with van der Waals surface area (Å²) in [5.41, 5.74) is 2.57. The molecule has 0 spiro atoms. The topological polar surface area (TPSA) is 55.1 Å². The molecular formula is C21H14Cl2N2O2S. The summed E-state index contributed by atoms with van der Waals surface area (Å²) in [6.45, 7) is 1.94. The number of aryl methyl sites for hydroxylation is 1. The van der Waals surface area contributed by atoms with E-state index in [1.165, 1.54) is 17.4 Å². The van der Waals surface area contributed by atoms with Crippen molar-refractivity contribution in [2.75, 3.05) is 5.32 Å². The van der Waals surface area contributed by atoms with Crippen molar-refractivity contribution >= 4 is 61.9 Å². The highest BCUT2D eigenvalue weighted by Crippen LogP contribution is 2.31. The van der Waals surface area contributed by atoms with E-state index in [1.54, 1.807) is 18.2 Å². The van der Waals surface area contributed by atoms with Crippen LogP contribution >= 0.6 is 34.5 Å². The standard InChI is InChI=1S/C21H14Cl2N2O2S/c1-12-5-6-13(11-16(12)23)17-9-7-14(27-17)8-10-19(26)24-21-25-20-15(22)3-2-4-18(20)28-21/h2-11H,1H3,(H,24,25,26)/b10-8+. The molecule has 0 aliphatic carbocycles. The average Bonchev–Trinajstić information content (AvgIpc) is 3.30. The second kappa shape index (κ2) is 7.80. The van der Waals surface area contributed by atoms with Crippen LogP contribution in [0.1, 0.15) is 11.3 Å². The summed E-state index contributed by atoms with van der Waals surface area (Å²) in [4.78, 5) is 16.5. The highest BCUT2D eigenvalue weighted by Gasteiger charge is 2.09. The number of carbonyl (C=O) groups excluding carboxylic acids is 1. The summed E-state index contributed by atoms with van der Waals surface area (Å²) in [5, 5.41) is 4.48. The van der Waals surface area contributed by atoms with Crippen molar-refractivity contribution in [3.05, 3.63) is 76.0 Å². The van der Waals surface area contributed by atoms with Crippen LogP contribution in [0.15, 0.2) is 59.0 Å². The molecule has 2 aromatic carbocycles. The smallest absolute Gasteiger partial charge is 0.250 e. The van der Waals surface area contributed by atoms with Gasteiger partial charge in [-0.1, -0.05) is 52.7 Å². The molecule has 0 aliphatic heterocycles. The third kappa shape index (κ3) is 3.97. The molecule has 0 unspecified atom stereocenters. The van der Waals surface area contributed by atoms with Crippen LogP contribution in [0.4, 0.5) is 5.13 Å². The van der Waals surface area contributed by atoms with E-state index in [9.17, 15) is 4.79 Å². The number of amides is 1. The van der Waals surface area contributed by atoms with Crippen molar-refractivity contribution in [3.8, 4) is 11.3 Å². The number of rotatable bonds is 4. The van der Waals surface area contributed by atoms with Crippen molar-refractivity contribution in [2.24, 2.45) is 0 Å². The number of benzene rings is 2. The van der Waals surface area contributed by atoms with Gasteiger partial charge in [-0.25, -0.2) is 4.98 Å². The Morgan fingerprint density at radius 3 is 2.79 bits per heavy atom. The van der Waals surface area contributed by atoms with E-state index in [0.717, 1.165) is 15.8 Å². The molecule has 4 aromatic rings. The van der Waals surface area contributed by atoms with Crippen LogP contribution in [0, 0.1) is 6.92 Å². The fraction of sp³-hybridized carbons (Fsp3) is 0.0476. The van der Waals surface area contributed by atoms with E-state index in [0.29, 0.717) is 32.2 Å². The molecule has 2 aromatic heterocycles. The summed E-state index contributed by atoms with van der Waals surface area (Å²) in [6, 6.07) is 14.9. The number of furan rings is 1. The Morgan fingerprint density at radius 2 is 2.00 bits per heavy atom. The van der Waals surface area contributed by atoms with Crippen molar-refractivity contribution in [3.63, 3.8) is 0 Å². The number of hydrogen-bond donors (Lipinski definition) is 1. The predicted octanol–water partition coefficient (Wildman–Crippen LogP) is 6.82. The van der Waals surface area contributed by atoms with E-state index in [2.05, 4.69) is 10.3 Å². The van der Waals surface area contributed by atoms with E-state index in [4.69, 9.17) is 27.6 Å². The zero-order chi connectivity index (χ0) is 19.7. The lowest BCUT2D eigenvalue weighted by molar-refractivity contribution is -0.111. The number of nitrogens with zero attached hydrogens (tertiary/aromatic N) is 1. The number of hydrogen-bond acceptors (Lipinski definition) is 4. The Hall–Kier alpha value is -2.60. The first-order chi connectivity index (χ1) is 13.5. The fourth-order valence-electron chi connectivity index (χ4n) is 2.62. The van der Waals surface area contributed by atoms with Crippen LogP contribution < -0.4 is 5.32 Å². The number of para-hydroxylation sites is 1. The largest absolute Gasteiger partial charge is 0.457 e. The molecule has 2 heterocycles. The molecule has 0 atom stereocenters. The number of aromatic nitrogens is 1. The van der Waals surface area contributed by atoms with Gasteiger partial charge in [0.1, 0.15) is 17.0 Å². The molecule has 1 N–H and O–H groups in total. The zero-order valence-corrected chi connectivity index (χ0v) is 17.0. The summed E-state index contributed by atoms with van der Waals surface area (Å²) in [5.74, 6) is 0.948. The first kappa shape index (κ1) is 18.7. The van der Waals surface area contributed by atoms with Crippen LogP contribution in [-0.4, -0.2) is 10.9 Å². The molecule has 0 aliphatic rings. The number of fused-ring (bicyclic) bond motifs is 1. The zero-order valence-electron chi connectivity index (χ0n) is 14.7. The predicted molar refractivity (Wildman–Crippen MR) is 116 cm³/mol. The van der Waals surface area contributed by atoms with Gasteiger partial charge < -0.3 is 4.42 Å². The molecule has 0 radical (unpaired) electrons. The fourth-order valence-corrected chi connectivity index (χ4v) is 3.97. The van der Waals surface area contributed by atoms with Crippen molar-refractivity contribution < 1.29 is 9.21 Å². The third-order valence-corrected chi connectivity index (χ3v) is 5.73. The molecule has 140 valence electrons. The summed E-state index contributed by atoms with van der Waals surface area (Å²) >= 11 is 13.7. The van der Waals surface area contributed by atoms with Crippen molar-refractivity contribution in [1.29, 1.82) is 0 Å². The first-order valence-electron chi connectivity index (χ1n) is 8.40. The monoisotopic (exact) mass is 428 g/mol. The Bertz CT molecular complexity index is 1210. The molecule has 0 saturated heterocycles. The van der Waals surface area contributed by atoms with Crippen molar-refractivity contribution in [1.82, 2.24) is 4.98 Å². The second-order valence-corrected chi connectivity index (χ2v) is 7.94. The number of thiazole rings is 1. The minimum Gasteiger partial charge on any atom is -0.457 e. The van der Waals surface area contributed by atoms with Gasteiger partial charge in [0, 0.05) is 16.7 Å². The lowest BCUT2D eigenvalue weighted by atomic mass is 10.1. The Kier molecular flexibility index (Phi) is 5.22. The quantitative estimate of drug-likeness (QED) is 0.362. The molecule has 4 nitrogen and oxygen atoms in total. The van der Waals surface area contributed by atoms with E-state index < -0.39 is 0 Å². The van der Waals surface area contributed by atoms with Gasteiger partial charge in [0.2, 0.25) is 5.91 Å². The van der Waals surface area contributed by atoms with Crippen LogP contribution in [0.25, 0.3) is 27.6 Å². The van der Waals surface area contributed by atoms with Crippen LogP contribution in [0.5, 0.6) is 0 Å². The second-order valence-electron chi connectivity index (χ2n) is 6.09. The van der Waals surface area contributed by atoms with Gasteiger partial charge in [-0.15, -0.1) is 0 Å². The maximum Gasteiger partial charge on any atom is 0.250 e. The minimum absolute atomic E-state index is 0.300. The molecule has 7 heteroatoms. The Morgan fingerprint density at radius 1 is 1.14 bits per heavy atom. The summed E-state index contributed by atoms with van der Waals surface area (Å²) in [6.07, 6.45) is 3.01. The van der Waals surface area contributed by atoms with E-state index in [-0.39, 0.29) is 5.91 Å². The van der Waals surface area contributed by atoms with E-state index >= 15 is 0 Å². The highest BCUT2D eigenvalue weighted by molar-refractivity contribution is 7.22. The highest BCUT2D eigenvalue weighted by atomic mass is 35.5. The van der Waals surface area contributed by atoms with Gasteiger partial charge >= 0.3 is 0 Å². The SMILES string of the molecule is Cc1ccc(-c2ccc(/C=C/C(=O)Nc3nc4c(Cl)cccc4s3)o2)cc1Cl. The van der Waals surface area contributed by atoms with Gasteiger partial charge in [-0.2, -0.15) is 0 Å². The number of nitrogens with one attached hydrogen (secondary N) is 1. The van der Waals surface area contributed by atoms with Gasteiger partial charge in [0.25, 0.3) is 0 Å². The average molecular weight is 429 g/mol. The Labute approximate surface area is 175 Å². The van der Waals surface area contributed by atoms with Gasteiger partial charge in [0.05, 0.1) is 9.72 Å². The molecule has 0 bridgehead atoms. The third-order valence-electron chi connectivity index (χ3n) is 4.08. The van der Waals surface area contributed by atoms with Gasteiger partial charge in [-0.3, -0.25) is 10.1 Å². The molecule has 1 amide bonds. The number of carbonyl (C=O) groups is 1. The maximum absolute atomic E-state index is 12.2. The number of anilines is 1. The minimum atomic E-state index is -0.300. The molecule has 4 rings (SSSR count). The van der Waals surface area contributed by atoms with Crippen molar-refractivity contribution in [2.45, 2.75) is 6.92 Å². The van der Waals surface area contributed by atoms with E-state index in [1.807, 2.05) is 43.3 Å².